The maximum atomic E-state index is 12.6. The monoisotopic (exact) mass is 357 g/mol. The van der Waals surface area contributed by atoms with Crippen LogP contribution in [0.1, 0.15) is 18.1 Å². The van der Waals surface area contributed by atoms with Gasteiger partial charge in [-0.25, -0.2) is 4.79 Å². The zero-order valence-electron chi connectivity index (χ0n) is 14.3. The summed E-state index contributed by atoms with van der Waals surface area (Å²) in [5.41, 5.74) is 2.41. The van der Waals surface area contributed by atoms with Gasteiger partial charge >= 0.3 is 5.69 Å². The molecule has 1 N–H and O–H groups in total. The number of nitrogens with one attached hydrogen (secondary N) is 1. The first-order valence-corrected chi connectivity index (χ1v) is 8.89. The first-order chi connectivity index (χ1) is 11.9. The molecule has 0 aliphatic carbocycles. The van der Waals surface area contributed by atoms with Crippen LogP contribution in [0.3, 0.4) is 0 Å². The molecule has 0 unspecified atom stereocenters. The lowest BCUT2D eigenvalue weighted by Gasteiger charge is -2.14. The molecule has 0 aliphatic rings. The molecular formula is C18H19N3O3S. The van der Waals surface area contributed by atoms with Crippen molar-refractivity contribution in [3.05, 3.63) is 61.6 Å². The predicted molar refractivity (Wildman–Crippen MR) is 101 cm³/mol. The first-order valence-electron chi connectivity index (χ1n) is 8.01. The first kappa shape index (κ1) is 17.2. The molecule has 0 atom stereocenters. The summed E-state index contributed by atoms with van der Waals surface area (Å²) in [5.74, 6) is -0.298. The minimum absolute atomic E-state index is 0.139. The molecule has 0 saturated carbocycles. The number of benzene rings is 1. The van der Waals surface area contributed by atoms with Gasteiger partial charge in [-0.3, -0.25) is 18.7 Å². The Bertz CT molecular complexity index is 1060. The maximum Gasteiger partial charge on any atom is 0.331 e. The normalized spacial score (nSPS) is 11.0. The van der Waals surface area contributed by atoms with Gasteiger partial charge in [-0.1, -0.05) is 18.2 Å². The molecule has 130 valence electrons. The SMILES string of the molecule is CCn1c(=O)c2sccc2n(CC(=O)Nc2c(C)cccc2C)c1=O. The van der Waals surface area contributed by atoms with Crippen LogP contribution in [0.2, 0.25) is 0 Å². The molecule has 1 amide bonds. The molecular weight excluding hydrogens is 338 g/mol. The van der Waals surface area contributed by atoms with Crippen molar-refractivity contribution in [2.75, 3.05) is 5.32 Å². The summed E-state index contributed by atoms with van der Waals surface area (Å²) in [6.07, 6.45) is 0. The number of amides is 1. The number of nitrogens with zero attached hydrogens (tertiary/aromatic N) is 2. The summed E-state index contributed by atoms with van der Waals surface area (Å²) in [7, 11) is 0. The van der Waals surface area contributed by atoms with Gasteiger partial charge in [0, 0.05) is 12.2 Å². The summed E-state index contributed by atoms with van der Waals surface area (Å²) in [4.78, 5) is 37.5. The molecule has 2 heterocycles. The van der Waals surface area contributed by atoms with Crippen LogP contribution < -0.4 is 16.6 Å². The van der Waals surface area contributed by atoms with Crippen LogP contribution in [-0.4, -0.2) is 15.0 Å². The van der Waals surface area contributed by atoms with Crippen LogP contribution in [0.25, 0.3) is 10.2 Å². The second-order valence-electron chi connectivity index (χ2n) is 5.87. The minimum atomic E-state index is -0.463. The number of rotatable bonds is 4. The minimum Gasteiger partial charge on any atom is -0.324 e. The smallest absolute Gasteiger partial charge is 0.324 e. The van der Waals surface area contributed by atoms with Gasteiger partial charge in [0.05, 0.1) is 5.52 Å². The molecule has 2 aromatic heterocycles. The van der Waals surface area contributed by atoms with E-state index in [0.29, 0.717) is 10.2 Å². The summed E-state index contributed by atoms with van der Waals surface area (Å²) in [6.45, 7) is 5.71. The quantitative estimate of drug-likeness (QED) is 0.780. The molecule has 6 nitrogen and oxygen atoms in total. The highest BCUT2D eigenvalue weighted by Gasteiger charge is 2.16. The van der Waals surface area contributed by atoms with E-state index in [1.807, 2.05) is 32.0 Å². The zero-order chi connectivity index (χ0) is 18.1. The van der Waals surface area contributed by atoms with Crippen LogP contribution in [0.4, 0.5) is 5.69 Å². The highest BCUT2D eigenvalue weighted by molar-refractivity contribution is 7.17. The Morgan fingerprint density at radius 1 is 1.12 bits per heavy atom. The van der Waals surface area contributed by atoms with E-state index in [0.717, 1.165) is 21.4 Å². The molecule has 3 aromatic rings. The molecule has 0 fully saturated rings. The second kappa shape index (κ2) is 6.68. The number of aromatic nitrogens is 2. The van der Waals surface area contributed by atoms with E-state index < -0.39 is 5.69 Å². The van der Waals surface area contributed by atoms with Crippen LogP contribution in [0.15, 0.2) is 39.2 Å². The Hall–Kier alpha value is -2.67. The third-order valence-corrected chi connectivity index (χ3v) is 5.09. The fraction of sp³-hybridized carbons (Fsp3) is 0.278. The van der Waals surface area contributed by atoms with Crippen LogP contribution in [0.5, 0.6) is 0 Å². The standard InChI is InChI=1S/C18H19N3O3S/c1-4-20-17(23)16-13(8-9-25-16)21(18(20)24)10-14(22)19-15-11(2)6-5-7-12(15)3/h5-9H,4,10H2,1-3H3,(H,19,22). The van der Waals surface area contributed by atoms with E-state index >= 15 is 0 Å². The largest absolute Gasteiger partial charge is 0.331 e. The van der Waals surface area contributed by atoms with Gasteiger partial charge in [-0.15, -0.1) is 11.3 Å². The Balaban J connectivity index is 2.01. The number of carbonyl (C=O) groups excluding carboxylic acids is 1. The van der Waals surface area contributed by atoms with Crippen molar-refractivity contribution >= 4 is 33.1 Å². The van der Waals surface area contributed by atoms with Crippen molar-refractivity contribution in [2.45, 2.75) is 33.9 Å². The highest BCUT2D eigenvalue weighted by atomic mass is 32.1. The number of fused-ring (bicyclic) bond motifs is 1. The van der Waals surface area contributed by atoms with Gasteiger partial charge in [0.2, 0.25) is 5.91 Å². The second-order valence-corrected chi connectivity index (χ2v) is 6.78. The molecule has 3 rings (SSSR count). The van der Waals surface area contributed by atoms with Crippen molar-refractivity contribution in [1.82, 2.24) is 9.13 Å². The average Bonchev–Trinajstić information content (AvgIpc) is 3.05. The van der Waals surface area contributed by atoms with E-state index in [-0.39, 0.29) is 24.6 Å². The fourth-order valence-electron chi connectivity index (χ4n) is 2.90. The number of hydrogen-bond donors (Lipinski definition) is 1. The Labute approximate surface area is 148 Å². The molecule has 0 aliphatic heterocycles. The molecule has 7 heteroatoms. The van der Waals surface area contributed by atoms with Crippen LogP contribution in [-0.2, 0) is 17.9 Å². The number of anilines is 1. The van der Waals surface area contributed by atoms with Crippen LogP contribution >= 0.6 is 11.3 Å². The molecule has 0 radical (unpaired) electrons. The molecule has 0 bridgehead atoms. The van der Waals surface area contributed by atoms with Crippen molar-refractivity contribution in [3.8, 4) is 0 Å². The zero-order valence-corrected chi connectivity index (χ0v) is 15.1. The Kier molecular flexibility index (Phi) is 4.59. The lowest BCUT2D eigenvalue weighted by atomic mass is 10.1. The lowest BCUT2D eigenvalue weighted by molar-refractivity contribution is -0.116. The van der Waals surface area contributed by atoms with Crippen molar-refractivity contribution in [1.29, 1.82) is 0 Å². The average molecular weight is 357 g/mol. The topological polar surface area (TPSA) is 73.1 Å². The third-order valence-electron chi connectivity index (χ3n) is 4.20. The van der Waals surface area contributed by atoms with Gasteiger partial charge in [0.25, 0.3) is 5.56 Å². The van der Waals surface area contributed by atoms with Crippen molar-refractivity contribution < 1.29 is 4.79 Å². The van der Waals surface area contributed by atoms with E-state index in [1.54, 1.807) is 18.4 Å². The van der Waals surface area contributed by atoms with E-state index in [9.17, 15) is 14.4 Å². The van der Waals surface area contributed by atoms with Crippen molar-refractivity contribution in [2.24, 2.45) is 0 Å². The van der Waals surface area contributed by atoms with Gasteiger partial charge in [-0.05, 0) is 43.3 Å². The van der Waals surface area contributed by atoms with Gasteiger partial charge < -0.3 is 5.32 Å². The summed E-state index contributed by atoms with van der Waals surface area (Å²) >= 11 is 1.28. The van der Waals surface area contributed by atoms with Crippen LogP contribution in [0, 0.1) is 13.8 Å². The Morgan fingerprint density at radius 3 is 2.44 bits per heavy atom. The number of para-hydroxylation sites is 1. The molecule has 1 aromatic carbocycles. The van der Waals surface area contributed by atoms with Crippen molar-refractivity contribution in [3.63, 3.8) is 0 Å². The maximum absolute atomic E-state index is 12.6. The summed E-state index contributed by atoms with van der Waals surface area (Å²) < 4.78 is 3.01. The summed E-state index contributed by atoms with van der Waals surface area (Å²) in [5, 5.41) is 4.64. The number of thiophene rings is 1. The van der Waals surface area contributed by atoms with Gasteiger partial charge in [-0.2, -0.15) is 0 Å². The summed E-state index contributed by atoms with van der Waals surface area (Å²) in [6, 6.07) is 7.47. The third kappa shape index (κ3) is 3.02. The number of hydrogen-bond acceptors (Lipinski definition) is 4. The van der Waals surface area contributed by atoms with E-state index in [4.69, 9.17) is 0 Å². The van der Waals surface area contributed by atoms with E-state index in [2.05, 4.69) is 5.32 Å². The van der Waals surface area contributed by atoms with Gasteiger partial charge in [0.15, 0.2) is 0 Å². The lowest BCUT2D eigenvalue weighted by Crippen LogP contribution is -2.41. The molecule has 0 saturated heterocycles. The van der Waals surface area contributed by atoms with E-state index in [1.165, 1.54) is 15.9 Å². The molecule has 0 spiro atoms. The number of aryl methyl sites for hydroxylation is 2. The van der Waals surface area contributed by atoms with Gasteiger partial charge in [0.1, 0.15) is 11.2 Å². The predicted octanol–water partition coefficient (Wildman–Crippen LogP) is 2.50. The molecule has 25 heavy (non-hydrogen) atoms. The Morgan fingerprint density at radius 2 is 1.80 bits per heavy atom. The fourth-order valence-corrected chi connectivity index (χ4v) is 3.74. The number of carbonyl (C=O) groups is 1. The highest BCUT2D eigenvalue weighted by Crippen LogP contribution is 2.20.